The SMILES string of the molecule is Clc1cc(-c2ccccc2)nc2cc(-c3ccncc3)nn12. The van der Waals surface area contributed by atoms with Crippen molar-refractivity contribution >= 4 is 17.2 Å². The van der Waals surface area contributed by atoms with Gasteiger partial charge in [0.05, 0.1) is 11.4 Å². The molecule has 106 valence electrons. The molecule has 0 atom stereocenters. The molecule has 0 saturated carbocycles. The van der Waals surface area contributed by atoms with Gasteiger partial charge in [-0.05, 0) is 12.1 Å². The van der Waals surface area contributed by atoms with Crippen molar-refractivity contribution in [2.24, 2.45) is 0 Å². The summed E-state index contributed by atoms with van der Waals surface area (Å²) in [6.45, 7) is 0. The van der Waals surface area contributed by atoms with Crippen molar-refractivity contribution in [3.63, 3.8) is 0 Å². The van der Waals surface area contributed by atoms with E-state index in [1.54, 1.807) is 16.9 Å². The zero-order chi connectivity index (χ0) is 14.9. The lowest BCUT2D eigenvalue weighted by molar-refractivity contribution is 0.945. The Morgan fingerprint density at radius 2 is 1.55 bits per heavy atom. The van der Waals surface area contributed by atoms with E-state index in [4.69, 9.17) is 11.6 Å². The summed E-state index contributed by atoms with van der Waals surface area (Å²) < 4.78 is 1.64. The van der Waals surface area contributed by atoms with Crippen LogP contribution in [0, 0.1) is 0 Å². The third-order valence-corrected chi connectivity index (χ3v) is 3.70. The molecule has 0 bridgehead atoms. The molecule has 0 unspecified atom stereocenters. The third-order valence-electron chi connectivity index (χ3n) is 3.43. The largest absolute Gasteiger partial charge is 0.265 e. The molecule has 4 aromatic rings. The summed E-state index contributed by atoms with van der Waals surface area (Å²) in [4.78, 5) is 8.67. The molecule has 0 fully saturated rings. The van der Waals surface area contributed by atoms with Gasteiger partial charge >= 0.3 is 0 Å². The van der Waals surface area contributed by atoms with E-state index >= 15 is 0 Å². The predicted molar refractivity (Wildman–Crippen MR) is 86.7 cm³/mol. The lowest BCUT2D eigenvalue weighted by atomic mass is 10.1. The first-order valence-electron chi connectivity index (χ1n) is 6.83. The number of aromatic nitrogens is 4. The van der Waals surface area contributed by atoms with Crippen molar-refractivity contribution in [1.82, 2.24) is 19.6 Å². The monoisotopic (exact) mass is 306 g/mol. The average Bonchev–Trinajstić information content (AvgIpc) is 3.01. The first-order valence-corrected chi connectivity index (χ1v) is 7.21. The van der Waals surface area contributed by atoms with Gasteiger partial charge in [0.2, 0.25) is 0 Å². The maximum atomic E-state index is 6.36. The van der Waals surface area contributed by atoms with E-state index in [2.05, 4.69) is 15.1 Å². The molecular weight excluding hydrogens is 296 g/mol. The van der Waals surface area contributed by atoms with Gasteiger partial charge in [0.25, 0.3) is 0 Å². The fourth-order valence-electron chi connectivity index (χ4n) is 2.36. The average molecular weight is 307 g/mol. The number of fused-ring (bicyclic) bond motifs is 1. The van der Waals surface area contributed by atoms with E-state index in [0.717, 1.165) is 28.2 Å². The molecule has 0 amide bonds. The summed E-state index contributed by atoms with van der Waals surface area (Å²) in [5.41, 5.74) is 4.39. The van der Waals surface area contributed by atoms with E-state index < -0.39 is 0 Å². The van der Waals surface area contributed by atoms with Crippen molar-refractivity contribution in [3.05, 3.63) is 72.1 Å². The second-order valence-electron chi connectivity index (χ2n) is 4.87. The van der Waals surface area contributed by atoms with Crippen molar-refractivity contribution < 1.29 is 0 Å². The highest BCUT2D eigenvalue weighted by Crippen LogP contribution is 2.25. The van der Waals surface area contributed by atoms with Crippen LogP contribution in [0.5, 0.6) is 0 Å². The standard InChI is InChI=1S/C17H11ClN4/c18-16-10-14(12-4-2-1-3-5-12)20-17-11-15(21-22(16)17)13-6-8-19-9-7-13/h1-11H. The molecule has 1 aromatic carbocycles. The predicted octanol–water partition coefficient (Wildman–Crippen LogP) is 4.11. The number of pyridine rings is 1. The van der Waals surface area contributed by atoms with E-state index in [1.807, 2.05) is 54.6 Å². The van der Waals surface area contributed by atoms with Crippen LogP contribution in [0.2, 0.25) is 5.15 Å². The summed E-state index contributed by atoms with van der Waals surface area (Å²) in [6.07, 6.45) is 3.48. The van der Waals surface area contributed by atoms with Gasteiger partial charge in [-0.2, -0.15) is 5.10 Å². The van der Waals surface area contributed by atoms with E-state index in [0.29, 0.717) is 5.15 Å². The summed E-state index contributed by atoms with van der Waals surface area (Å²) in [7, 11) is 0. The summed E-state index contributed by atoms with van der Waals surface area (Å²) in [5.74, 6) is 0. The number of halogens is 1. The fraction of sp³-hybridized carbons (Fsp3) is 0. The molecule has 0 aliphatic carbocycles. The van der Waals surface area contributed by atoms with Crippen molar-refractivity contribution in [3.8, 4) is 22.5 Å². The molecule has 0 aliphatic heterocycles. The third kappa shape index (κ3) is 2.23. The minimum atomic E-state index is 0.532. The fourth-order valence-corrected chi connectivity index (χ4v) is 2.59. The second kappa shape index (κ2) is 5.24. The first kappa shape index (κ1) is 13.0. The Kier molecular flexibility index (Phi) is 3.09. The van der Waals surface area contributed by atoms with Gasteiger partial charge in [0.15, 0.2) is 5.65 Å². The van der Waals surface area contributed by atoms with Gasteiger partial charge in [-0.1, -0.05) is 41.9 Å². The molecule has 0 aliphatic rings. The van der Waals surface area contributed by atoms with Crippen molar-refractivity contribution in [2.45, 2.75) is 0 Å². The van der Waals surface area contributed by atoms with Crippen LogP contribution in [-0.4, -0.2) is 19.6 Å². The normalized spacial score (nSPS) is 11.0. The zero-order valence-electron chi connectivity index (χ0n) is 11.5. The quantitative estimate of drug-likeness (QED) is 0.523. The smallest absolute Gasteiger partial charge is 0.158 e. The Morgan fingerprint density at radius 1 is 0.818 bits per heavy atom. The maximum Gasteiger partial charge on any atom is 0.158 e. The number of hydrogen-bond donors (Lipinski definition) is 0. The number of nitrogens with zero attached hydrogens (tertiary/aromatic N) is 4. The highest BCUT2D eigenvalue weighted by atomic mass is 35.5. The summed E-state index contributed by atoms with van der Waals surface area (Å²) >= 11 is 6.36. The Bertz CT molecular complexity index is 933. The number of rotatable bonds is 2. The van der Waals surface area contributed by atoms with Crippen LogP contribution in [-0.2, 0) is 0 Å². The summed E-state index contributed by atoms with van der Waals surface area (Å²) in [5, 5.41) is 5.04. The van der Waals surface area contributed by atoms with Gasteiger partial charge in [-0.15, -0.1) is 0 Å². The van der Waals surface area contributed by atoms with Crippen LogP contribution in [0.1, 0.15) is 0 Å². The summed E-state index contributed by atoms with van der Waals surface area (Å²) in [6, 6.07) is 17.5. The Morgan fingerprint density at radius 3 is 2.32 bits per heavy atom. The van der Waals surface area contributed by atoms with E-state index in [-0.39, 0.29) is 0 Å². The highest BCUT2D eigenvalue weighted by molar-refractivity contribution is 6.30. The number of hydrogen-bond acceptors (Lipinski definition) is 3. The van der Waals surface area contributed by atoms with Gasteiger partial charge in [-0.25, -0.2) is 9.50 Å². The van der Waals surface area contributed by atoms with Crippen LogP contribution in [0.3, 0.4) is 0 Å². The Hall–Kier alpha value is -2.72. The van der Waals surface area contributed by atoms with Gasteiger partial charge in [-0.3, -0.25) is 4.98 Å². The molecule has 0 N–H and O–H groups in total. The lowest BCUT2D eigenvalue weighted by Gasteiger charge is -2.03. The zero-order valence-corrected chi connectivity index (χ0v) is 12.3. The van der Waals surface area contributed by atoms with Crippen LogP contribution < -0.4 is 0 Å². The molecule has 22 heavy (non-hydrogen) atoms. The topological polar surface area (TPSA) is 43.1 Å². The minimum absolute atomic E-state index is 0.532. The molecule has 4 rings (SSSR count). The van der Waals surface area contributed by atoms with Crippen molar-refractivity contribution in [1.29, 1.82) is 0 Å². The van der Waals surface area contributed by atoms with Crippen molar-refractivity contribution in [2.75, 3.05) is 0 Å². The molecular formula is C17H11ClN4. The Balaban J connectivity index is 1.88. The Labute approximate surface area is 132 Å². The van der Waals surface area contributed by atoms with Crippen LogP contribution >= 0.6 is 11.6 Å². The van der Waals surface area contributed by atoms with E-state index in [1.165, 1.54) is 0 Å². The maximum absolute atomic E-state index is 6.36. The van der Waals surface area contributed by atoms with Crippen LogP contribution in [0.25, 0.3) is 28.2 Å². The van der Waals surface area contributed by atoms with Gasteiger partial charge in [0, 0.05) is 35.7 Å². The lowest BCUT2D eigenvalue weighted by Crippen LogP contribution is -1.94. The van der Waals surface area contributed by atoms with Crippen LogP contribution in [0.4, 0.5) is 0 Å². The second-order valence-corrected chi connectivity index (χ2v) is 5.25. The number of benzene rings is 1. The molecule has 0 spiro atoms. The molecule has 3 aromatic heterocycles. The molecule has 5 heteroatoms. The van der Waals surface area contributed by atoms with Gasteiger partial charge in [0.1, 0.15) is 5.15 Å². The van der Waals surface area contributed by atoms with Crippen LogP contribution in [0.15, 0.2) is 67.0 Å². The highest BCUT2D eigenvalue weighted by Gasteiger charge is 2.10. The molecule has 4 nitrogen and oxygen atoms in total. The minimum Gasteiger partial charge on any atom is -0.265 e. The molecule has 3 heterocycles. The van der Waals surface area contributed by atoms with Gasteiger partial charge < -0.3 is 0 Å². The molecule has 0 saturated heterocycles. The first-order chi connectivity index (χ1) is 10.8. The van der Waals surface area contributed by atoms with E-state index in [9.17, 15) is 0 Å². The molecule has 0 radical (unpaired) electrons.